The molecule has 2 rings (SSSR count). The number of para-hydroxylation sites is 1. The van der Waals surface area contributed by atoms with Gasteiger partial charge in [0.15, 0.2) is 5.75 Å². The fourth-order valence-electron chi connectivity index (χ4n) is 1.59. The van der Waals surface area contributed by atoms with Crippen LogP contribution in [-0.2, 0) is 10.1 Å². The van der Waals surface area contributed by atoms with Crippen LogP contribution in [0.15, 0.2) is 47.4 Å². The lowest BCUT2D eigenvalue weighted by Gasteiger charge is -2.10. The molecule has 0 aliphatic heterocycles. The Morgan fingerprint density at radius 2 is 1.57 bits per heavy atom. The Hall–Kier alpha value is -1.43. The first-order valence-electron chi connectivity index (χ1n) is 6.05. The summed E-state index contributed by atoms with van der Waals surface area (Å²) in [6, 6.07) is 10.5. The number of rotatable bonds is 5. The van der Waals surface area contributed by atoms with Gasteiger partial charge in [-0.2, -0.15) is 8.42 Å². The maximum Gasteiger partial charge on any atom is 0.339 e. The lowest BCUT2D eigenvalue weighted by molar-refractivity contribution is 0.340. The van der Waals surface area contributed by atoms with Crippen molar-refractivity contribution >= 4 is 33.3 Å². The van der Waals surface area contributed by atoms with Gasteiger partial charge < -0.3 is 8.92 Å². The maximum atomic E-state index is 12.2. The molecule has 0 unspecified atom stereocenters. The standard InChI is InChI=1S/C14H12Cl2O4S/c1-2-19-10-6-8-11(9-7-10)21(17,18)20-14-12(15)4-3-5-13(14)16/h3-9H,2H2,1H3. The van der Waals surface area contributed by atoms with E-state index in [4.69, 9.17) is 32.1 Å². The van der Waals surface area contributed by atoms with Crippen LogP contribution in [0, 0.1) is 0 Å². The van der Waals surface area contributed by atoms with Crippen molar-refractivity contribution in [2.24, 2.45) is 0 Å². The molecule has 2 aromatic carbocycles. The highest BCUT2D eigenvalue weighted by Gasteiger charge is 2.20. The Kier molecular flexibility index (Phi) is 4.98. The van der Waals surface area contributed by atoms with Crippen LogP contribution in [0.3, 0.4) is 0 Å². The highest BCUT2D eigenvalue weighted by molar-refractivity contribution is 7.87. The maximum absolute atomic E-state index is 12.2. The number of benzene rings is 2. The molecule has 0 radical (unpaired) electrons. The van der Waals surface area contributed by atoms with Gasteiger partial charge in [0.05, 0.1) is 16.7 Å². The van der Waals surface area contributed by atoms with E-state index < -0.39 is 10.1 Å². The Bertz CT molecular complexity index is 707. The molecule has 7 heteroatoms. The van der Waals surface area contributed by atoms with Crippen molar-refractivity contribution in [2.75, 3.05) is 6.61 Å². The van der Waals surface area contributed by atoms with Gasteiger partial charge in [0, 0.05) is 0 Å². The zero-order valence-electron chi connectivity index (χ0n) is 11.0. The molecule has 0 aromatic heterocycles. The van der Waals surface area contributed by atoms with Gasteiger partial charge in [0.2, 0.25) is 0 Å². The third kappa shape index (κ3) is 3.81. The van der Waals surface area contributed by atoms with Crippen LogP contribution in [0.2, 0.25) is 10.0 Å². The summed E-state index contributed by atoms with van der Waals surface area (Å²) in [5.41, 5.74) is 0. The zero-order valence-corrected chi connectivity index (χ0v) is 13.4. The molecule has 0 N–H and O–H groups in total. The predicted octanol–water partition coefficient (Wildman–Crippen LogP) is 4.16. The van der Waals surface area contributed by atoms with Gasteiger partial charge in [-0.15, -0.1) is 0 Å². The van der Waals surface area contributed by atoms with E-state index in [1.165, 1.54) is 24.3 Å². The van der Waals surface area contributed by atoms with Gasteiger partial charge >= 0.3 is 10.1 Å². The van der Waals surface area contributed by atoms with Crippen molar-refractivity contribution in [3.8, 4) is 11.5 Å². The minimum atomic E-state index is -4.01. The third-order valence-electron chi connectivity index (χ3n) is 2.54. The molecule has 0 spiro atoms. The molecule has 0 bridgehead atoms. The quantitative estimate of drug-likeness (QED) is 0.762. The summed E-state index contributed by atoms with van der Waals surface area (Å²) >= 11 is 11.8. The summed E-state index contributed by atoms with van der Waals surface area (Å²) in [6.07, 6.45) is 0. The largest absolute Gasteiger partial charge is 0.494 e. The van der Waals surface area contributed by atoms with Gasteiger partial charge in [0.1, 0.15) is 10.6 Å². The van der Waals surface area contributed by atoms with E-state index in [1.807, 2.05) is 6.92 Å². The smallest absolute Gasteiger partial charge is 0.339 e. The minimum Gasteiger partial charge on any atom is -0.494 e. The van der Waals surface area contributed by atoms with Crippen LogP contribution >= 0.6 is 23.2 Å². The molecule has 0 heterocycles. The Balaban J connectivity index is 2.30. The molecular formula is C14H12Cl2O4S. The van der Waals surface area contributed by atoms with Crippen molar-refractivity contribution in [1.82, 2.24) is 0 Å². The lowest BCUT2D eigenvalue weighted by atomic mass is 10.3. The van der Waals surface area contributed by atoms with E-state index in [1.54, 1.807) is 18.2 Å². The normalized spacial score (nSPS) is 11.2. The molecular weight excluding hydrogens is 335 g/mol. The second kappa shape index (κ2) is 6.56. The fraction of sp³-hybridized carbons (Fsp3) is 0.143. The molecule has 112 valence electrons. The first-order valence-corrected chi connectivity index (χ1v) is 8.22. The van der Waals surface area contributed by atoms with Crippen LogP contribution in [0.5, 0.6) is 11.5 Å². The molecule has 0 aliphatic carbocycles. The highest BCUT2D eigenvalue weighted by atomic mass is 35.5. The first-order chi connectivity index (χ1) is 9.94. The van der Waals surface area contributed by atoms with Crippen molar-refractivity contribution in [1.29, 1.82) is 0 Å². The molecule has 0 aliphatic rings. The summed E-state index contributed by atoms with van der Waals surface area (Å²) in [5.74, 6) is 0.488. The minimum absolute atomic E-state index is 0.0121. The summed E-state index contributed by atoms with van der Waals surface area (Å²) in [5, 5.41) is 0.244. The van der Waals surface area contributed by atoms with Crippen LogP contribution in [-0.4, -0.2) is 15.0 Å². The number of ether oxygens (including phenoxy) is 1. The molecule has 0 fully saturated rings. The molecule has 2 aromatic rings. The van der Waals surface area contributed by atoms with Crippen molar-refractivity contribution in [2.45, 2.75) is 11.8 Å². The van der Waals surface area contributed by atoms with Crippen molar-refractivity contribution in [3.63, 3.8) is 0 Å². The lowest BCUT2D eigenvalue weighted by Crippen LogP contribution is -2.10. The second-order valence-corrected chi connectivity index (χ2v) is 6.35. The molecule has 21 heavy (non-hydrogen) atoms. The second-order valence-electron chi connectivity index (χ2n) is 3.99. The van der Waals surface area contributed by atoms with E-state index in [-0.39, 0.29) is 20.7 Å². The predicted molar refractivity (Wildman–Crippen MR) is 81.9 cm³/mol. The van der Waals surface area contributed by atoms with Crippen LogP contribution < -0.4 is 8.92 Å². The van der Waals surface area contributed by atoms with Gasteiger partial charge in [-0.05, 0) is 43.3 Å². The van der Waals surface area contributed by atoms with Crippen LogP contribution in [0.4, 0.5) is 0 Å². The fourth-order valence-corrected chi connectivity index (χ4v) is 3.12. The summed E-state index contributed by atoms with van der Waals surface area (Å²) < 4.78 is 34.7. The van der Waals surface area contributed by atoms with E-state index in [0.29, 0.717) is 12.4 Å². The molecule has 0 amide bonds. The summed E-state index contributed by atoms with van der Waals surface area (Å²) in [6.45, 7) is 2.34. The Morgan fingerprint density at radius 3 is 2.10 bits per heavy atom. The Labute approximate surface area is 133 Å². The average molecular weight is 347 g/mol. The van der Waals surface area contributed by atoms with Crippen LogP contribution in [0.1, 0.15) is 6.92 Å². The molecule has 0 saturated carbocycles. The van der Waals surface area contributed by atoms with E-state index in [2.05, 4.69) is 0 Å². The van der Waals surface area contributed by atoms with Gasteiger partial charge in [-0.1, -0.05) is 29.3 Å². The molecule has 0 saturated heterocycles. The number of halogens is 2. The average Bonchev–Trinajstić information content (AvgIpc) is 2.44. The van der Waals surface area contributed by atoms with E-state index in [9.17, 15) is 8.42 Å². The van der Waals surface area contributed by atoms with Crippen molar-refractivity contribution < 1.29 is 17.3 Å². The molecule has 4 nitrogen and oxygen atoms in total. The number of hydrogen-bond acceptors (Lipinski definition) is 4. The van der Waals surface area contributed by atoms with Gasteiger partial charge in [0.25, 0.3) is 0 Å². The van der Waals surface area contributed by atoms with Gasteiger partial charge in [-0.3, -0.25) is 0 Å². The number of hydrogen-bond donors (Lipinski definition) is 0. The van der Waals surface area contributed by atoms with E-state index >= 15 is 0 Å². The monoisotopic (exact) mass is 346 g/mol. The van der Waals surface area contributed by atoms with Crippen LogP contribution in [0.25, 0.3) is 0 Å². The zero-order chi connectivity index (χ0) is 15.5. The topological polar surface area (TPSA) is 52.6 Å². The summed E-state index contributed by atoms with van der Waals surface area (Å²) in [4.78, 5) is -0.0121. The molecule has 0 atom stereocenters. The summed E-state index contributed by atoms with van der Waals surface area (Å²) in [7, 11) is -4.01. The van der Waals surface area contributed by atoms with E-state index in [0.717, 1.165) is 0 Å². The van der Waals surface area contributed by atoms with Crippen molar-refractivity contribution in [3.05, 3.63) is 52.5 Å². The first kappa shape index (κ1) is 15.9. The highest BCUT2D eigenvalue weighted by Crippen LogP contribution is 2.34. The SMILES string of the molecule is CCOc1ccc(S(=O)(=O)Oc2c(Cl)cccc2Cl)cc1. The van der Waals surface area contributed by atoms with Gasteiger partial charge in [-0.25, -0.2) is 0 Å². The Morgan fingerprint density at radius 1 is 1.00 bits per heavy atom. The third-order valence-corrected chi connectivity index (χ3v) is 4.37.